The molecule has 1 N–H and O–H groups in total. The monoisotopic (exact) mass is 415 g/mol. The minimum atomic E-state index is -0.130. The first-order chi connectivity index (χ1) is 14.1. The topological polar surface area (TPSA) is 61.9 Å². The molecule has 0 bridgehead atoms. The van der Waals surface area contributed by atoms with Crippen LogP contribution in [0.5, 0.6) is 0 Å². The van der Waals surface area contributed by atoms with E-state index in [1.807, 2.05) is 46.0 Å². The molecule has 0 radical (unpaired) electrons. The zero-order chi connectivity index (χ0) is 20.5. The fourth-order valence-corrected chi connectivity index (χ4v) is 4.08. The third-order valence-corrected chi connectivity index (χ3v) is 5.77. The number of hydrogen-bond acceptors (Lipinski definition) is 5. The van der Waals surface area contributed by atoms with Gasteiger partial charge < -0.3 is 15.0 Å². The molecule has 1 saturated heterocycles. The highest BCUT2D eigenvalue weighted by Crippen LogP contribution is 2.13. The van der Waals surface area contributed by atoms with Crippen LogP contribution in [-0.4, -0.2) is 67.0 Å². The number of carbonyl (C=O) groups excluding carboxylic acids is 2. The lowest BCUT2D eigenvalue weighted by atomic mass is 10.1. The lowest BCUT2D eigenvalue weighted by Gasteiger charge is -2.35. The Morgan fingerprint density at radius 1 is 1.21 bits per heavy atom. The van der Waals surface area contributed by atoms with Crippen molar-refractivity contribution in [3.05, 3.63) is 58.3 Å². The molecule has 7 heteroatoms. The number of thiophene rings is 1. The van der Waals surface area contributed by atoms with Crippen molar-refractivity contribution in [3.63, 3.8) is 0 Å². The Morgan fingerprint density at radius 3 is 2.66 bits per heavy atom. The van der Waals surface area contributed by atoms with E-state index in [0.29, 0.717) is 18.7 Å². The molecule has 2 amide bonds. The van der Waals surface area contributed by atoms with Gasteiger partial charge in [0.1, 0.15) is 0 Å². The van der Waals surface area contributed by atoms with E-state index >= 15 is 0 Å². The van der Waals surface area contributed by atoms with E-state index in [4.69, 9.17) is 4.74 Å². The molecule has 6 nitrogen and oxygen atoms in total. The molecule has 29 heavy (non-hydrogen) atoms. The first-order valence-electron chi connectivity index (χ1n) is 10.1. The Hall–Kier alpha value is -2.22. The number of morpholine rings is 1. The molecule has 2 aromatic rings. The van der Waals surface area contributed by atoms with Gasteiger partial charge in [0.25, 0.3) is 5.91 Å². The summed E-state index contributed by atoms with van der Waals surface area (Å²) >= 11 is 1.48. The van der Waals surface area contributed by atoms with Crippen LogP contribution < -0.4 is 5.32 Å². The largest absolute Gasteiger partial charge is 0.379 e. The second-order valence-electron chi connectivity index (χ2n) is 7.29. The first kappa shape index (κ1) is 21.5. The minimum absolute atomic E-state index is 0.0558. The smallest absolute Gasteiger partial charge is 0.252 e. The fourth-order valence-electron chi connectivity index (χ4n) is 3.45. The van der Waals surface area contributed by atoms with Gasteiger partial charge in [-0.05, 0) is 23.9 Å². The van der Waals surface area contributed by atoms with E-state index in [9.17, 15) is 9.59 Å². The van der Waals surface area contributed by atoms with Crippen molar-refractivity contribution in [2.45, 2.75) is 25.9 Å². The Labute approximate surface area is 176 Å². The summed E-state index contributed by atoms with van der Waals surface area (Å²) in [6, 6.07) is 11.9. The molecular weight excluding hydrogens is 386 g/mol. The number of ether oxygens (including phenoxy) is 1. The SMILES string of the molecule is CC(CN1CCOCC1)N(Cc1ccccc1)C(=O)CCNC(=O)c1ccsc1. The normalized spacial score (nSPS) is 15.6. The molecule has 1 aromatic carbocycles. The average molecular weight is 416 g/mol. The van der Waals surface area contributed by atoms with Crippen LogP contribution >= 0.6 is 11.3 Å². The van der Waals surface area contributed by atoms with E-state index in [1.165, 1.54) is 11.3 Å². The van der Waals surface area contributed by atoms with Crippen molar-refractivity contribution >= 4 is 23.2 Å². The van der Waals surface area contributed by atoms with Crippen molar-refractivity contribution in [2.75, 3.05) is 39.4 Å². The fraction of sp³-hybridized carbons (Fsp3) is 0.455. The Balaban J connectivity index is 1.58. The average Bonchev–Trinajstić information content (AvgIpc) is 3.28. The predicted octanol–water partition coefficient (Wildman–Crippen LogP) is 2.62. The highest BCUT2D eigenvalue weighted by Gasteiger charge is 2.23. The van der Waals surface area contributed by atoms with Crippen molar-refractivity contribution in [3.8, 4) is 0 Å². The van der Waals surface area contributed by atoms with Gasteiger partial charge in [-0.15, -0.1) is 0 Å². The Kier molecular flexibility index (Phi) is 8.22. The van der Waals surface area contributed by atoms with Crippen LogP contribution in [0.3, 0.4) is 0 Å². The minimum Gasteiger partial charge on any atom is -0.379 e. The summed E-state index contributed by atoms with van der Waals surface area (Å²) in [4.78, 5) is 29.4. The van der Waals surface area contributed by atoms with Crippen LogP contribution in [0.15, 0.2) is 47.2 Å². The van der Waals surface area contributed by atoms with Crippen molar-refractivity contribution in [1.29, 1.82) is 0 Å². The summed E-state index contributed by atoms with van der Waals surface area (Å²) in [6.07, 6.45) is 0.288. The summed E-state index contributed by atoms with van der Waals surface area (Å²) in [7, 11) is 0. The Morgan fingerprint density at radius 2 is 1.97 bits per heavy atom. The van der Waals surface area contributed by atoms with Gasteiger partial charge in [0.05, 0.1) is 13.2 Å². The first-order valence-corrected chi connectivity index (χ1v) is 11.0. The van der Waals surface area contributed by atoms with Gasteiger partial charge in [-0.3, -0.25) is 14.5 Å². The molecule has 0 spiro atoms. The van der Waals surface area contributed by atoms with Gasteiger partial charge in [-0.1, -0.05) is 30.3 Å². The van der Waals surface area contributed by atoms with E-state index < -0.39 is 0 Å². The molecule has 1 aromatic heterocycles. The number of amides is 2. The summed E-state index contributed by atoms with van der Waals surface area (Å²) in [6.45, 7) is 7.11. The molecule has 1 atom stereocenters. The van der Waals surface area contributed by atoms with Crippen LogP contribution in [0.4, 0.5) is 0 Å². The number of benzene rings is 1. The third kappa shape index (κ3) is 6.66. The highest BCUT2D eigenvalue weighted by molar-refractivity contribution is 7.08. The van der Waals surface area contributed by atoms with Gasteiger partial charge in [0, 0.05) is 56.1 Å². The summed E-state index contributed by atoms with van der Waals surface area (Å²) in [5, 5.41) is 6.53. The highest BCUT2D eigenvalue weighted by atomic mass is 32.1. The number of nitrogens with one attached hydrogen (secondary N) is 1. The molecule has 156 valence electrons. The molecule has 1 aliphatic heterocycles. The number of nitrogens with zero attached hydrogens (tertiary/aromatic N) is 2. The second-order valence-corrected chi connectivity index (χ2v) is 8.07. The van der Waals surface area contributed by atoms with Crippen LogP contribution in [0.1, 0.15) is 29.3 Å². The van der Waals surface area contributed by atoms with Gasteiger partial charge in [0.15, 0.2) is 0 Å². The van der Waals surface area contributed by atoms with E-state index in [1.54, 1.807) is 6.07 Å². The molecule has 2 heterocycles. The van der Waals surface area contributed by atoms with Crippen molar-refractivity contribution < 1.29 is 14.3 Å². The van der Waals surface area contributed by atoms with E-state index in [2.05, 4.69) is 17.1 Å². The molecule has 1 aliphatic rings. The van der Waals surface area contributed by atoms with Gasteiger partial charge in [0.2, 0.25) is 5.91 Å². The quantitative estimate of drug-likeness (QED) is 0.684. The second kappa shape index (κ2) is 11.1. The summed E-state index contributed by atoms with van der Waals surface area (Å²) < 4.78 is 5.43. The van der Waals surface area contributed by atoms with Crippen LogP contribution in [-0.2, 0) is 16.1 Å². The van der Waals surface area contributed by atoms with Crippen molar-refractivity contribution in [2.24, 2.45) is 0 Å². The van der Waals surface area contributed by atoms with E-state index in [-0.39, 0.29) is 24.3 Å². The molecule has 1 fully saturated rings. The van der Waals surface area contributed by atoms with Gasteiger partial charge in [-0.25, -0.2) is 0 Å². The van der Waals surface area contributed by atoms with Crippen molar-refractivity contribution in [1.82, 2.24) is 15.1 Å². The summed E-state index contributed by atoms with van der Waals surface area (Å²) in [5.41, 5.74) is 1.75. The zero-order valence-electron chi connectivity index (χ0n) is 16.9. The van der Waals surface area contributed by atoms with E-state index in [0.717, 1.165) is 38.4 Å². The number of rotatable bonds is 9. The molecule has 1 unspecified atom stereocenters. The van der Waals surface area contributed by atoms with Gasteiger partial charge >= 0.3 is 0 Å². The standard InChI is InChI=1S/C22H29N3O3S/c1-18(15-24-10-12-28-13-11-24)25(16-19-5-3-2-4-6-19)21(26)7-9-23-22(27)20-8-14-29-17-20/h2-6,8,14,17-18H,7,9-13,15-16H2,1H3,(H,23,27). The van der Waals surface area contributed by atoms with Crippen LogP contribution in [0.2, 0.25) is 0 Å². The molecular formula is C22H29N3O3S. The predicted molar refractivity (Wildman–Crippen MR) is 115 cm³/mol. The summed E-state index contributed by atoms with van der Waals surface area (Å²) in [5.74, 6) is -0.0738. The lowest BCUT2D eigenvalue weighted by Crippen LogP contribution is -2.48. The lowest BCUT2D eigenvalue weighted by molar-refractivity contribution is -0.134. The Bertz CT molecular complexity index is 761. The molecule has 3 rings (SSSR count). The molecule has 0 aliphatic carbocycles. The maximum Gasteiger partial charge on any atom is 0.252 e. The number of hydrogen-bond donors (Lipinski definition) is 1. The molecule has 0 saturated carbocycles. The maximum atomic E-state index is 13.0. The maximum absolute atomic E-state index is 13.0. The zero-order valence-corrected chi connectivity index (χ0v) is 17.7. The van der Waals surface area contributed by atoms with Gasteiger partial charge in [-0.2, -0.15) is 11.3 Å². The van der Waals surface area contributed by atoms with Crippen LogP contribution in [0, 0.1) is 0 Å². The third-order valence-electron chi connectivity index (χ3n) is 5.08. The van der Waals surface area contributed by atoms with Crippen LogP contribution in [0.25, 0.3) is 0 Å². The number of carbonyl (C=O) groups is 2.